The molecule has 194 valence electrons. The van der Waals surface area contributed by atoms with Gasteiger partial charge >= 0.3 is 5.97 Å². The molecule has 3 aliphatic rings. The van der Waals surface area contributed by atoms with E-state index in [2.05, 4.69) is 17.4 Å². The first-order chi connectivity index (χ1) is 17.6. The predicted molar refractivity (Wildman–Crippen MR) is 135 cm³/mol. The Morgan fingerprint density at radius 1 is 1.22 bits per heavy atom. The Hall–Kier alpha value is -2.55. The minimum Gasteiger partial charge on any atom is -0.480 e. The molecule has 0 aliphatic carbocycles. The van der Waals surface area contributed by atoms with E-state index in [1.807, 2.05) is 4.90 Å². The summed E-state index contributed by atoms with van der Waals surface area (Å²) in [5.41, 5.74) is 3.74. The van der Waals surface area contributed by atoms with Gasteiger partial charge < -0.3 is 19.9 Å². The number of halogens is 1. The van der Waals surface area contributed by atoms with Crippen LogP contribution in [0.25, 0.3) is 0 Å². The van der Waals surface area contributed by atoms with Crippen molar-refractivity contribution in [2.75, 3.05) is 38.2 Å². The highest BCUT2D eigenvalue weighted by Crippen LogP contribution is 2.37. The van der Waals surface area contributed by atoms with E-state index < -0.39 is 17.8 Å². The van der Waals surface area contributed by atoms with Gasteiger partial charge in [0.15, 0.2) is 0 Å². The number of hydrogen-bond acceptors (Lipinski definition) is 6. The number of benzene rings is 1. The third-order valence-corrected chi connectivity index (χ3v) is 7.48. The fraction of sp³-hybridized carbons (Fsp3) is 0.571. The molecule has 0 bridgehead atoms. The number of aryl methyl sites for hydroxylation is 2. The summed E-state index contributed by atoms with van der Waals surface area (Å²) in [7, 11) is 0. The molecule has 0 saturated carbocycles. The Morgan fingerprint density at radius 3 is 2.92 bits per heavy atom. The largest absolute Gasteiger partial charge is 0.480 e. The summed E-state index contributed by atoms with van der Waals surface area (Å²) in [6.07, 6.45) is 7.96. The second-order valence-electron chi connectivity index (χ2n) is 10.1. The SMILES string of the molecule is O=C(O)C(c1cc(F)ccc1C1CCCO1)N1CC(OCCCCCc2ccc3c(n2)NCCC3)C1. The zero-order valence-electron chi connectivity index (χ0n) is 20.8. The van der Waals surface area contributed by atoms with Gasteiger partial charge in [0, 0.05) is 38.5 Å². The van der Waals surface area contributed by atoms with Gasteiger partial charge in [-0.2, -0.15) is 0 Å². The molecule has 36 heavy (non-hydrogen) atoms. The lowest BCUT2D eigenvalue weighted by atomic mass is 9.92. The van der Waals surface area contributed by atoms with Crippen LogP contribution in [0, 0.1) is 5.82 Å². The highest BCUT2D eigenvalue weighted by atomic mass is 19.1. The molecule has 0 spiro atoms. The second-order valence-corrected chi connectivity index (χ2v) is 10.1. The van der Waals surface area contributed by atoms with Crippen molar-refractivity contribution in [3.8, 4) is 0 Å². The van der Waals surface area contributed by atoms with Gasteiger partial charge in [-0.1, -0.05) is 18.6 Å². The highest BCUT2D eigenvalue weighted by molar-refractivity contribution is 5.76. The van der Waals surface area contributed by atoms with Gasteiger partial charge in [-0.25, -0.2) is 9.37 Å². The fourth-order valence-corrected chi connectivity index (χ4v) is 5.51. The van der Waals surface area contributed by atoms with Crippen molar-refractivity contribution in [3.05, 3.63) is 58.5 Å². The number of hydrogen-bond donors (Lipinski definition) is 2. The lowest BCUT2D eigenvalue weighted by molar-refractivity contribution is -0.151. The summed E-state index contributed by atoms with van der Waals surface area (Å²) in [5, 5.41) is 13.4. The Kier molecular flexibility index (Phi) is 8.14. The van der Waals surface area contributed by atoms with E-state index in [0.717, 1.165) is 68.6 Å². The van der Waals surface area contributed by atoms with Crippen LogP contribution in [0.2, 0.25) is 0 Å². The van der Waals surface area contributed by atoms with Crippen molar-refractivity contribution in [1.29, 1.82) is 0 Å². The number of aromatic nitrogens is 1. The smallest absolute Gasteiger partial charge is 0.325 e. The van der Waals surface area contributed by atoms with Crippen LogP contribution in [0.4, 0.5) is 10.2 Å². The molecule has 3 aliphatic heterocycles. The minimum absolute atomic E-state index is 0.0139. The average molecular weight is 498 g/mol. The van der Waals surface area contributed by atoms with E-state index in [9.17, 15) is 14.3 Å². The second kappa shape index (κ2) is 11.7. The first-order valence-electron chi connectivity index (χ1n) is 13.3. The van der Waals surface area contributed by atoms with Crippen molar-refractivity contribution < 1.29 is 23.8 Å². The molecule has 2 saturated heterocycles. The number of carboxylic acid groups (broad SMARTS) is 1. The molecule has 2 fully saturated rings. The summed E-state index contributed by atoms with van der Waals surface area (Å²) in [6, 6.07) is 7.89. The van der Waals surface area contributed by atoms with Gasteiger partial charge in [-0.3, -0.25) is 9.69 Å². The fourth-order valence-electron chi connectivity index (χ4n) is 5.51. The zero-order chi connectivity index (χ0) is 24.9. The predicted octanol–water partition coefficient (Wildman–Crippen LogP) is 4.67. The standard InChI is InChI=1S/C28H36FN3O4/c29-20-10-12-23(25-8-5-15-36-25)24(16-20)26(28(33)34)32-17-22(18-32)35-14-3-1-2-7-21-11-9-19-6-4-13-30-27(19)31-21/h9-12,16,22,25-26H,1-8,13-15,17-18H2,(H,30,31)(H,33,34). The molecule has 2 atom stereocenters. The number of aliphatic carboxylic acids is 1. The molecular formula is C28H36FN3O4. The number of carbonyl (C=O) groups is 1. The molecule has 8 heteroatoms. The third-order valence-electron chi connectivity index (χ3n) is 7.48. The van der Waals surface area contributed by atoms with Crippen LogP contribution >= 0.6 is 0 Å². The molecule has 2 aromatic rings. The molecule has 7 nitrogen and oxygen atoms in total. The zero-order valence-corrected chi connectivity index (χ0v) is 20.8. The molecule has 0 amide bonds. The number of pyridine rings is 1. The maximum atomic E-state index is 14.1. The number of unbranched alkanes of at least 4 members (excludes halogenated alkanes) is 2. The van der Waals surface area contributed by atoms with E-state index in [1.54, 1.807) is 6.07 Å². The summed E-state index contributed by atoms with van der Waals surface area (Å²) in [6.45, 7) is 3.39. The van der Waals surface area contributed by atoms with Crippen molar-refractivity contribution in [2.45, 2.75) is 69.6 Å². The van der Waals surface area contributed by atoms with E-state index in [4.69, 9.17) is 14.5 Å². The molecule has 2 N–H and O–H groups in total. The molecule has 4 heterocycles. The third kappa shape index (κ3) is 5.88. The number of anilines is 1. The van der Waals surface area contributed by atoms with Gasteiger partial charge in [0.2, 0.25) is 0 Å². The Balaban J connectivity index is 1.05. The normalized spacial score (nSPS) is 21.0. The first kappa shape index (κ1) is 25.1. The Labute approximate surface area is 212 Å². The Bertz CT molecular complexity index is 1050. The average Bonchev–Trinajstić information content (AvgIpc) is 3.38. The van der Waals surface area contributed by atoms with Crippen LogP contribution in [0.1, 0.15) is 73.1 Å². The summed E-state index contributed by atoms with van der Waals surface area (Å²) < 4.78 is 25.9. The molecule has 5 rings (SSSR count). The number of nitrogens with one attached hydrogen (secondary N) is 1. The van der Waals surface area contributed by atoms with E-state index in [0.29, 0.717) is 31.9 Å². The first-order valence-corrected chi connectivity index (χ1v) is 13.3. The number of fused-ring (bicyclic) bond motifs is 1. The van der Waals surface area contributed by atoms with Gasteiger partial charge in [-0.05, 0) is 79.8 Å². The summed E-state index contributed by atoms with van der Waals surface area (Å²) >= 11 is 0. The van der Waals surface area contributed by atoms with E-state index in [1.165, 1.54) is 24.1 Å². The minimum atomic E-state index is -0.968. The van der Waals surface area contributed by atoms with E-state index in [-0.39, 0.29) is 12.2 Å². The summed E-state index contributed by atoms with van der Waals surface area (Å²) in [4.78, 5) is 18.8. The van der Waals surface area contributed by atoms with Crippen molar-refractivity contribution in [1.82, 2.24) is 9.88 Å². The van der Waals surface area contributed by atoms with Crippen LogP contribution in [0.5, 0.6) is 0 Å². The van der Waals surface area contributed by atoms with Crippen LogP contribution in [0.3, 0.4) is 0 Å². The number of nitrogens with zero attached hydrogens (tertiary/aromatic N) is 2. The maximum absolute atomic E-state index is 14.1. The lowest BCUT2D eigenvalue weighted by Crippen LogP contribution is -2.55. The van der Waals surface area contributed by atoms with Crippen molar-refractivity contribution in [3.63, 3.8) is 0 Å². The van der Waals surface area contributed by atoms with Gasteiger partial charge in [0.05, 0.1) is 12.2 Å². The van der Waals surface area contributed by atoms with Crippen LogP contribution in [-0.4, -0.2) is 59.9 Å². The maximum Gasteiger partial charge on any atom is 0.325 e. The molecular weight excluding hydrogens is 461 g/mol. The van der Waals surface area contributed by atoms with Crippen molar-refractivity contribution in [2.24, 2.45) is 0 Å². The number of rotatable bonds is 11. The van der Waals surface area contributed by atoms with Crippen molar-refractivity contribution >= 4 is 11.8 Å². The van der Waals surface area contributed by atoms with Crippen LogP contribution in [0.15, 0.2) is 30.3 Å². The highest BCUT2D eigenvalue weighted by Gasteiger charge is 2.39. The van der Waals surface area contributed by atoms with Gasteiger partial charge in [-0.15, -0.1) is 0 Å². The van der Waals surface area contributed by atoms with Crippen LogP contribution in [-0.2, 0) is 27.1 Å². The molecule has 1 aromatic carbocycles. The van der Waals surface area contributed by atoms with E-state index >= 15 is 0 Å². The monoisotopic (exact) mass is 497 g/mol. The van der Waals surface area contributed by atoms with Gasteiger partial charge in [0.1, 0.15) is 17.7 Å². The quantitative estimate of drug-likeness (QED) is 0.437. The topological polar surface area (TPSA) is 83.9 Å². The molecule has 0 radical (unpaired) electrons. The lowest BCUT2D eigenvalue weighted by Gasteiger charge is -2.43. The Morgan fingerprint density at radius 2 is 2.11 bits per heavy atom. The molecule has 1 aromatic heterocycles. The number of carboxylic acids is 1. The summed E-state index contributed by atoms with van der Waals surface area (Å²) in [5.74, 6) is -0.338. The van der Waals surface area contributed by atoms with Crippen LogP contribution < -0.4 is 5.32 Å². The number of ether oxygens (including phenoxy) is 2. The number of likely N-dealkylation sites (tertiary alicyclic amines) is 1. The van der Waals surface area contributed by atoms with Gasteiger partial charge in [0.25, 0.3) is 0 Å². The molecule has 2 unspecified atom stereocenters.